The highest BCUT2D eigenvalue weighted by Crippen LogP contribution is 2.45. The Morgan fingerprint density at radius 1 is 0.305 bits per heavy atom. The summed E-state index contributed by atoms with van der Waals surface area (Å²) in [4.78, 5) is 58.5. The second-order valence-electron chi connectivity index (χ2n) is 24.0. The summed E-state index contributed by atoms with van der Waals surface area (Å²) in [5, 5.41) is 20.6. The Hall–Kier alpha value is -4.31. The van der Waals surface area contributed by atoms with E-state index in [1.807, 2.05) is 0 Å². The first-order valence-electron chi connectivity index (χ1n) is 36.5. The van der Waals surface area contributed by atoms with E-state index in [-0.39, 0.29) is 19.3 Å². The summed E-state index contributed by atoms with van der Waals surface area (Å²) in [5.74, 6) is -1.63. The summed E-state index contributed by atoms with van der Waals surface area (Å²) < 4.78 is 61.0. The van der Waals surface area contributed by atoms with Gasteiger partial charge in [-0.15, -0.1) is 0 Å². The lowest BCUT2D eigenvalue weighted by atomic mass is 10.1. The van der Waals surface area contributed by atoms with E-state index in [9.17, 15) is 43.5 Å². The molecule has 544 valence electrons. The van der Waals surface area contributed by atoms with Crippen LogP contribution in [0.4, 0.5) is 0 Å². The number of ether oxygens (including phenoxy) is 3. The number of hydrogen-bond acceptors (Lipinski definition) is 14. The Labute approximate surface area is 575 Å². The number of aliphatic hydroxyl groups is 2. The molecule has 16 nitrogen and oxygen atoms in total. The number of phosphoric ester groups is 2. The molecule has 0 aliphatic rings. The number of aliphatic hydroxyl groups excluding tert-OH is 2. The van der Waals surface area contributed by atoms with Gasteiger partial charge in [0.15, 0.2) is 6.10 Å². The third-order valence-electron chi connectivity index (χ3n) is 14.8. The van der Waals surface area contributed by atoms with Crippen molar-refractivity contribution in [2.24, 2.45) is 0 Å². The van der Waals surface area contributed by atoms with Crippen LogP contribution in [0.2, 0.25) is 0 Å². The van der Waals surface area contributed by atoms with Crippen molar-refractivity contribution < 1.29 is 75.8 Å². The van der Waals surface area contributed by atoms with E-state index >= 15 is 0 Å². The minimum Gasteiger partial charge on any atom is -0.463 e. The van der Waals surface area contributed by atoms with Crippen LogP contribution < -0.4 is 0 Å². The molecule has 0 saturated heterocycles. The van der Waals surface area contributed by atoms with Crippen molar-refractivity contribution in [3.05, 3.63) is 134 Å². The molecule has 0 bridgehead atoms. The van der Waals surface area contributed by atoms with Gasteiger partial charge in [-0.25, -0.2) is 9.13 Å². The molecule has 0 fully saturated rings. The summed E-state index contributed by atoms with van der Waals surface area (Å²) in [6.45, 7) is 2.44. The fraction of sp³-hybridized carbons (Fsp3) is 0.675. The van der Waals surface area contributed by atoms with Gasteiger partial charge in [-0.1, -0.05) is 251 Å². The highest BCUT2D eigenvalue weighted by Gasteiger charge is 2.29. The van der Waals surface area contributed by atoms with E-state index in [1.165, 1.54) is 44.9 Å². The molecule has 5 atom stereocenters. The first-order chi connectivity index (χ1) is 46.2. The average molecular weight is 1370 g/mol. The molecule has 0 aromatic carbocycles. The molecule has 4 N–H and O–H groups in total. The van der Waals surface area contributed by atoms with Gasteiger partial charge in [0.2, 0.25) is 0 Å². The number of esters is 3. The quantitative estimate of drug-likeness (QED) is 0.0146. The van der Waals surface area contributed by atoms with Gasteiger partial charge < -0.3 is 34.2 Å². The summed E-state index contributed by atoms with van der Waals surface area (Å²) >= 11 is 0. The molecule has 0 aromatic rings. The zero-order chi connectivity index (χ0) is 69.5. The predicted molar refractivity (Wildman–Crippen MR) is 390 cm³/mol. The van der Waals surface area contributed by atoms with Crippen molar-refractivity contribution in [2.75, 3.05) is 39.6 Å². The number of hydrogen-bond donors (Lipinski definition) is 4. The molecular weight excluding hydrogens is 1240 g/mol. The molecule has 0 spiro atoms. The Balaban J connectivity index is 4.70. The van der Waals surface area contributed by atoms with Gasteiger partial charge >= 0.3 is 33.6 Å². The maximum atomic E-state index is 12.9. The van der Waals surface area contributed by atoms with Crippen LogP contribution >= 0.6 is 15.6 Å². The molecule has 18 heteroatoms. The van der Waals surface area contributed by atoms with Gasteiger partial charge in [-0.3, -0.25) is 32.5 Å². The molecule has 0 heterocycles. The molecule has 5 unspecified atom stereocenters. The third-order valence-corrected chi connectivity index (χ3v) is 16.7. The van der Waals surface area contributed by atoms with Crippen molar-refractivity contribution in [3.8, 4) is 0 Å². The van der Waals surface area contributed by atoms with Crippen molar-refractivity contribution in [1.29, 1.82) is 0 Å². The van der Waals surface area contributed by atoms with Crippen LogP contribution in [0.1, 0.15) is 278 Å². The number of unbranched alkanes of at least 4 members (excludes halogenated alkanes) is 23. The summed E-state index contributed by atoms with van der Waals surface area (Å²) in [6.07, 6.45) is 82.0. The summed E-state index contributed by atoms with van der Waals surface area (Å²) in [6, 6.07) is 0. The van der Waals surface area contributed by atoms with Crippen molar-refractivity contribution in [3.63, 3.8) is 0 Å². The van der Waals surface area contributed by atoms with Gasteiger partial charge in [0, 0.05) is 19.3 Å². The molecule has 0 aliphatic carbocycles. The molecule has 95 heavy (non-hydrogen) atoms. The fourth-order valence-electron chi connectivity index (χ4n) is 9.26. The molecule has 0 rings (SSSR count). The standard InChI is InChI=1S/C77H130O16P2/c1-4-7-10-13-16-19-22-25-28-31-33-34-35-36-38-41-42-45-48-51-54-57-60-63-75(80)87-66-72(78)67-89-94(83,84)90-68-73(79)69-91-95(85,86)92-71-74(93-77(82)65-62-59-56-53-50-47-44-39-30-27-24-21-18-15-12-9-6-3)70-88-76(81)64-61-58-55-52-49-46-43-40-37-32-29-26-23-20-17-14-11-8-5-2/h9,12,16-21,25-30,33-34,36-38,40,44,47,72-74,78-79H,4-8,10-11,13-15,22-24,31-32,35,39,41-43,45-46,48-71H2,1-3H3,(H,83,84)(H,85,86)/b12-9-,19-16-,20-17-,21-18-,28-25-,29-26-,30-27-,34-33-,38-36-,40-37-,47-44-. The molecule has 0 saturated carbocycles. The van der Waals surface area contributed by atoms with Gasteiger partial charge in [-0.2, -0.15) is 0 Å². The maximum Gasteiger partial charge on any atom is 0.472 e. The van der Waals surface area contributed by atoms with Crippen LogP contribution in [-0.2, 0) is 55.8 Å². The lowest BCUT2D eigenvalue weighted by Crippen LogP contribution is -2.30. The van der Waals surface area contributed by atoms with Gasteiger partial charge in [0.05, 0.1) is 26.4 Å². The molecule has 0 aliphatic heterocycles. The van der Waals surface area contributed by atoms with E-state index in [2.05, 4.69) is 154 Å². The largest absolute Gasteiger partial charge is 0.472 e. The summed E-state index contributed by atoms with van der Waals surface area (Å²) in [7, 11) is -9.81. The first-order valence-corrected chi connectivity index (χ1v) is 39.5. The second kappa shape index (κ2) is 69.6. The lowest BCUT2D eigenvalue weighted by Gasteiger charge is -2.21. The van der Waals surface area contributed by atoms with Gasteiger partial charge in [-0.05, 0) is 141 Å². The molecule has 0 amide bonds. The normalized spacial score (nSPS) is 14.9. The molecule has 0 radical (unpaired) electrons. The van der Waals surface area contributed by atoms with Crippen molar-refractivity contribution >= 4 is 33.6 Å². The van der Waals surface area contributed by atoms with E-state index in [0.29, 0.717) is 19.3 Å². The van der Waals surface area contributed by atoms with Crippen LogP contribution in [0.5, 0.6) is 0 Å². The van der Waals surface area contributed by atoms with Crippen molar-refractivity contribution in [1.82, 2.24) is 0 Å². The minimum absolute atomic E-state index is 0.0693. The number of carbonyl (C=O) groups is 3. The van der Waals surface area contributed by atoms with Gasteiger partial charge in [0.1, 0.15) is 25.4 Å². The van der Waals surface area contributed by atoms with Crippen LogP contribution in [0.15, 0.2) is 134 Å². The van der Waals surface area contributed by atoms with Crippen LogP contribution in [0, 0.1) is 0 Å². The monoisotopic (exact) mass is 1370 g/mol. The third kappa shape index (κ3) is 70.8. The van der Waals surface area contributed by atoms with Crippen LogP contribution in [0.3, 0.4) is 0 Å². The minimum atomic E-state index is -4.94. The van der Waals surface area contributed by atoms with E-state index in [0.717, 1.165) is 173 Å². The second-order valence-corrected chi connectivity index (χ2v) is 26.9. The maximum absolute atomic E-state index is 12.9. The molecule has 0 aromatic heterocycles. The number of rotatable bonds is 68. The lowest BCUT2D eigenvalue weighted by molar-refractivity contribution is -0.161. The topological polar surface area (TPSA) is 231 Å². The Bertz CT molecular complexity index is 2260. The Morgan fingerprint density at radius 2 is 0.558 bits per heavy atom. The van der Waals surface area contributed by atoms with E-state index in [1.54, 1.807) is 0 Å². The van der Waals surface area contributed by atoms with Crippen molar-refractivity contribution in [2.45, 2.75) is 296 Å². The highest BCUT2D eigenvalue weighted by molar-refractivity contribution is 7.47. The fourth-order valence-corrected chi connectivity index (χ4v) is 10.8. The number of allylic oxidation sites excluding steroid dienone is 22. The zero-order valence-electron chi connectivity index (χ0n) is 59.0. The predicted octanol–water partition coefficient (Wildman–Crippen LogP) is 20.8. The molecular formula is C77H130O16P2. The number of carbonyl (C=O) groups excluding carboxylic acids is 3. The Kier molecular flexibility index (Phi) is 66.4. The van der Waals surface area contributed by atoms with E-state index < -0.39 is 91.5 Å². The Morgan fingerprint density at radius 3 is 0.884 bits per heavy atom. The van der Waals surface area contributed by atoms with Crippen LogP contribution in [0.25, 0.3) is 0 Å². The highest BCUT2D eigenvalue weighted by atomic mass is 31.2. The van der Waals surface area contributed by atoms with Gasteiger partial charge in [0.25, 0.3) is 0 Å². The first kappa shape index (κ1) is 90.7. The SMILES string of the molecule is CC/C=C\C/C=C\C/C=C\C/C=C\CCCCCCC(=O)OC(COC(=O)CCCCCCCC/C=C\C/C=C\C/C=C\CCCCC)COP(=O)(O)OCC(O)COP(=O)(O)OCC(O)COC(=O)CCCCCCCCC/C=C\C/C=C\C/C=C\C/C=C\CCCCC. The summed E-state index contributed by atoms with van der Waals surface area (Å²) in [5.41, 5.74) is 0. The number of phosphoric acid groups is 2. The van der Waals surface area contributed by atoms with E-state index in [4.69, 9.17) is 32.3 Å². The zero-order valence-corrected chi connectivity index (χ0v) is 60.8. The smallest absolute Gasteiger partial charge is 0.463 e. The van der Waals surface area contributed by atoms with Crippen LogP contribution in [-0.4, -0.2) is 95.9 Å². The average Bonchev–Trinajstić information content (AvgIpc) is 1.94.